The summed E-state index contributed by atoms with van der Waals surface area (Å²) in [5.41, 5.74) is 1.24. The zero-order valence-corrected chi connectivity index (χ0v) is 13.8. The van der Waals surface area contributed by atoms with Gasteiger partial charge in [0.15, 0.2) is 0 Å². The van der Waals surface area contributed by atoms with Crippen molar-refractivity contribution in [1.82, 2.24) is 0 Å². The smallest absolute Gasteiger partial charge is 0.287 e. The summed E-state index contributed by atoms with van der Waals surface area (Å²) in [5, 5.41) is 0. The summed E-state index contributed by atoms with van der Waals surface area (Å²) in [6.45, 7) is 0. The van der Waals surface area contributed by atoms with E-state index in [0.29, 0.717) is 22.3 Å². The lowest BCUT2D eigenvalue weighted by Crippen LogP contribution is -2.44. The minimum absolute atomic E-state index is 0.373. The molecule has 0 saturated carbocycles. The van der Waals surface area contributed by atoms with Gasteiger partial charge in [-0.05, 0) is 40.5 Å². The largest absolute Gasteiger partial charge is 0.461 e. The Morgan fingerprint density at radius 1 is 0.593 bits per heavy atom. The van der Waals surface area contributed by atoms with Gasteiger partial charge in [-0.1, -0.05) is 60.7 Å². The second-order valence-corrected chi connectivity index (χ2v) is 5.93. The van der Waals surface area contributed by atoms with E-state index in [9.17, 15) is 26.7 Å². The third-order valence-corrected chi connectivity index (χ3v) is 4.05. The van der Waals surface area contributed by atoms with Gasteiger partial charge in [-0.25, -0.2) is 0 Å². The summed E-state index contributed by atoms with van der Waals surface area (Å²) in [6.07, 6.45) is -5.96. The van der Waals surface area contributed by atoms with Crippen LogP contribution in [0.4, 0.5) is 22.0 Å². The van der Waals surface area contributed by atoms with Gasteiger partial charge in [0.2, 0.25) is 5.78 Å². The lowest BCUT2D eigenvalue weighted by molar-refractivity contribution is -0.255. The Morgan fingerprint density at radius 3 is 1.37 bits per heavy atom. The standard InChI is InChI=1S/C21H13F5O/c22-20(23,21(24,25)26)19(27)18-12-16(14-7-3-1-4-8-14)11-17(13-18)15-9-5-2-6-10-15/h1-13H. The number of carbonyl (C=O) groups is 1. The van der Waals surface area contributed by atoms with Gasteiger partial charge in [0.1, 0.15) is 0 Å². The molecule has 0 aliphatic heterocycles. The molecular weight excluding hydrogens is 363 g/mol. The molecule has 3 rings (SSSR count). The van der Waals surface area contributed by atoms with Crippen molar-refractivity contribution in [1.29, 1.82) is 0 Å². The minimum atomic E-state index is -5.96. The first-order chi connectivity index (χ1) is 12.7. The molecule has 0 amide bonds. The maximum Gasteiger partial charge on any atom is 0.461 e. The average Bonchev–Trinajstić information content (AvgIpc) is 2.67. The number of rotatable bonds is 4. The van der Waals surface area contributed by atoms with E-state index < -0.39 is 23.4 Å². The molecule has 0 atom stereocenters. The van der Waals surface area contributed by atoms with Gasteiger partial charge in [-0.2, -0.15) is 22.0 Å². The molecule has 0 heterocycles. The number of alkyl halides is 5. The second-order valence-electron chi connectivity index (χ2n) is 5.93. The van der Waals surface area contributed by atoms with Crippen LogP contribution < -0.4 is 0 Å². The maximum atomic E-state index is 13.6. The summed E-state index contributed by atoms with van der Waals surface area (Å²) in [5.74, 6) is -7.74. The van der Waals surface area contributed by atoms with Crippen LogP contribution >= 0.6 is 0 Å². The number of Topliss-reactive ketones (excluding diaryl/α,β-unsaturated/α-hetero) is 1. The summed E-state index contributed by atoms with van der Waals surface area (Å²) in [6, 6.07) is 20.8. The SMILES string of the molecule is O=C(c1cc(-c2ccccc2)cc(-c2ccccc2)c1)C(F)(F)C(F)(F)F. The van der Waals surface area contributed by atoms with Crippen molar-refractivity contribution in [2.24, 2.45) is 0 Å². The van der Waals surface area contributed by atoms with Gasteiger partial charge in [0.25, 0.3) is 0 Å². The molecule has 6 heteroatoms. The number of carbonyl (C=O) groups excluding carboxylic acids is 1. The van der Waals surface area contributed by atoms with E-state index in [0.717, 1.165) is 12.1 Å². The molecule has 0 aliphatic carbocycles. The highest BCUT2D eigenvalue weighted by Gasteiger charge is 2.63. The van der Waals surface area contributed by atoms with Crippen LogP contribution in [-0.4, -0.2) is 17.9 Å². The molecule has 3 aromatic carbocycles. The van der Waals surface area contributed by atoms with Crippen molar-refractivity contribution in [2.45, 2.75) is 12.1 Å². The van der Waals surface area contributed by atoms with Gasteiger partial charge in [-0.15, -0.1) is 0 Å². The van der Waals surface area contributed by atoms with E-state index in [4.69, 9.17) is 0 Å². The minimum Gasteiger partial charge on any atom is -0.287 e. The fraction of sp³-hybridized carbons (Fsp3) is 0.0952. The third kappa shape index (κ3) is 3.74. The highest BCUT2D eigenvalue weighted by atomic mass is 19.4. The Hall–Kier alpha value is -3.02. The van der Waals surface area contributed by atoms with Crippen molar-refractivity contribution in [2.75, 3.05) is 0 Å². The maximum absolute atomic E-state index is 13.6. The zero-order chi connectivity index (χ0) is 19.7. The van der Waals surface area contributed by atoms with Crippen molar-refractivity contribution in [3.05, 3.63) is 84.4 Å². The number of benzene rings is 3. The molecule has 1 nitrogen and oxygen atoms in total. The summed E-state index contributed by atoms with van der Waals surface area (Å²) in [7, 11) is 0. The van der Waals surface area contributed by atoms with E-state index in [1.807, 2.05) is 0 Å². The normalized spacial score (nSPS) is 12.0. The first-order valence-corrected chi connectivity index (χ1v) is 7.95. The Kier molecular flexibility index (Phi) is 4.83. The fourth-order valence-electron chi connectivity index (χ4n) is 2.66. The molecule has 0 bridgehead atoms. The summed E-state index contributed by atoms with van der Waals surface area (Å²) in [4.78, 5) is 12.0. The zero-order valence-electron chi connectivity index (χ0n) is 13.8. The predicted molar refractivity (Wildman–Crippen MR) is 92.6 cm³/mol. The van der Waals surface area contributed by atoms with Crippen LogP contribution in [0.3, 0.4) is 0 Å². The van der Waals surface area contributed by atoms with Gasteiger partial charge >= 0.3 is 12.1 Å². The van der Waals surface area contributed by atoms with E-state index in [1.54, 1.807) is 66.7 Å². The molecule has 27 heavy (non-hydrogen) atoms. The highest BCUT2D eigenvalue weighted by Crippen LogP contribution is 2.39. The second kappa shape index (κ2) is 6.95. The predicted octanol–water partition coefficient (Wildman–Crippen LogP) is 6.40. The van der Waals surface area contributed by atoms with Crippen LogP contribution in [0.5, 0.6) is 0 Å². The Morgan fingerprint density at radius 2 is 1.00 bits per heavy atom. The van der Waals surface area contributed by atoms with Gasteiger partial charge in [0.05, 0.1) is 0 Å². The summed E-state index contributed by atoms with van der Waals surface area (Å²) >= 11 is 0. The molecule has 0 fully saturated rings. The first kappa shape index (κ1) is 18.8. The molecule has 0 spiro atoms. The van der Waals surface area contributed by atoms with Crippen molar-refractivity contribution in [3.8, 4) is 22.3 Å². The summed E-state index contributed by atoms with van der Waals surface area (Å²) < 4.78 is 65.1. The molecule has 0 saturated heterocycles. The lowest BCUT2D eigenvalue weighted by atomic mass is 9.93. The van der Waals surface area contributed by atoms with Crippen molar-refractivity contribution < 1.29 is 26.7 Å². The van der Waals surface area contributed by atoms with Crippen LogP contribution in [0.15, 0.2) is 78.9 Å². The monoisotopic (exact) mass is 376 g/mol. The van der Waals surface area contributed by atoms with Crippen LogP contribution in [0.2, 0.25) is 0 Å². The molecule has 3 aromatic rings. The van der Waals surface area contributed by atoms with Gasteiger partial charge in [-0.3, -0.25) is 4.79 Å². The van der Waals surface area contributed by atoms with E-state index in [1.165, 1.54) is 0 Å². The number of hydrogen-bond acceptors (Lipinski definition) is 1. The molecule has 0 aromatic heterocycles. The van der Waals surface area contributed by atoms with E-state index in [2.05, 4.69) is 0 Å². The molecule has 0 N–H and O–H groups in total. The van der Waals surface area contributed by atoms with E-state index in [-0.39, 0.29) is 0 Å². The quantitative estimate of drug-likeness (QED) is 0.380. The van der Waals surface area contributed by atoms with Crippen LogP contribution in [0.1, 0.15) is 10.4 Å². The molecule has 0 radical (unpaired) electrons. The molecule has 0 unspecified atom stereocenters. The van der Waals surface area contributed by atoms with Crippen LogP contribution in [0.25, 0.3) is 22.3 Å². The first-order valence-electron chi connectivity index (χ1n) is 7.95. The Labute approximate surface area is 152 Å². The van der Waals surface area contributed by atoms with E-state index >= 15 is 0 Å². The topological polar surface area (TPSA) is 17.1 Å². The molecule has 138 valence electrons. The average molecular weight is 376 g/mol. The molecule has 0 aliphatic rings. The fourth-order valence-corrected chi connectivity index (χ4v) is 2.66. The Balaban J connectivity index is 2.18. The third-order valence-electron chi connectivity index (χ3n) is 4.05. The Bertz CT molecular complexity index is 890. The van der Waals surface area contributed by atoms with Gasteiger partial charge in [0, 0.05) is 5.56 Å². The number of ketones is 1. The van der Waals surface area contributed by atoms with Crippen molar-refractivity contribution >= 4 is 5.78 Å². The number of halogens is 5. The van der Waals surface area contributed by atoms with Crippen molar-refractivity contribution in [3.63, 3.8) is 0 Å². The van der Waals surface area contributed by atoms with Crippen LogP contribution in [0, 0.1) is 0 Å². The van der Waals surface area contributed by atoms with Crippen LogP contribution in [-0.2, 0) is 0 Å². The highest BCUT2D eigenvalue weighted by molar-refractivity contribution is 6.04. The molecular formula is C21H13F5O. The lowest BCUT2D eigenvalue weighted by Gasteiger charge is -2.19. The van der Waals surface area contributed by atoms with Gasteiger partial charge < -0.3 is 0 Å². The number of hydrogen-bond donors (Lipinski definition) is 0.